The van der Waals surface area contributed by atoms with Crippen molar-refractivity contribution in [3.05, 3.63) is 35.9 Å². The highest BCUT2D eigenvalue weighted by molar-refractivity contribution is 8.00. The lowest BCUT2D eigenvalue weighted by Gasteiger charge is -2.12. The zero-order chi connectivity index (χ0) is 16.3. The summed E-state index contributed by atoms with van der Waals surface area (Å²) in [5.41, 5.74) is -0.409. The molecule has 0 saturated heterocycles. The lowest BCUT2D eigenvalue weighted by Crippen LogP contribution is -2.23. The summed E-state index contributed by atoms with van der Waals surface area (Å²) in [7, 11) is 0. The third-order valence-electron chi connectivity index (χ3n) is 2.87. The van der Waals surface area contributed by atoms with Crippen LogP contribution in [-0.2, 0) is 11.3 Å². The quantitative estimate of drug-likeness (QED) is 0.676. The molecule has 5 nitrogen and oxygen atoms in total. The van der Waals surface area contributed by atoms with Crippen LogP contribution in [0.25, 0.3) is 0 Å². The summed E-state index contributed by atoms with van der Waals surface area (Å²) in [4.78, 5) is 12.0. The van der Waals surface area contributed by atoms with Crippen molar-refractivity contribution in [2.75, 3.05) is 5.32 Å². The van der Waals surface area contributed by atoms with Crippen LogP contribution in [0.4, 0.5) is 18.9 Å². The SMILES string of the molecule is CCn1cnnc1S[C@@H](C)C(=O)Nc1ccc(F)c(F)c1F. The first-order chi connectivity index (χ1) is 10.4. The van der Waals surface area contributed by atoms with Crippen molar-refractivity contribution in [3.63, 3.8) is 0 Å². The minimum absolute atomic E-state index is 0.409. The standard InChI is InChI=1S/C13H13F3N4OS/c1-3-20-6-17-19-13(20)22-7(2)12(21)18-9-5-4-8(14)10(15)11(9)16/h4-7H,3H2,1-2H3,(H,18,21)/t7-/m0/s1. The molecule has 2 rings (SSSR count). The number of carbonyl (C=O) groups is 1. The Kier molecular flexibility index (Phi) is 5.07. The van der Waals surface area contributed by atoms with Gasteiger partial charge in [-0.1, -0.05) is 11.8 Å². The van der Waals surface area contributed by atoms with E-state index in [2.05, 4.69) is 15.5 Å². The molecule has 0 aliphatic carbocycles. The Morgan fingerprint density at radius 3 is 2.77 bits per heavy atom. The van der Waals surface area contributed by atoms with Crippen LogP contribution in [0.5, 0.6) is 0 Å². The van der Waals surface area contributed by atoms with Gasteiger partial charge in [-0.15, -0.1) is 10.2 Å². The maximum Gasteiger partial charge on any atom is 0.237 e. The predicted octanol–water partition coefficient (Wildman–Crippen LogP) is 2.83. The summed E-state index contributed by atoms with van der Waals surface area (Å²) >= 11 is 1.13. The Labute approximate surface area is 128 Å². The van der Waals surface area contributed by atoms with Crippen molar-refractivity contribution in [2.45, 2.75) is 30.8 Å². The summed E-state index contributed by atoms with van der Waals surface area (Å²) in [5.74, 6) is -4.92. The number of nitrogens with one attached hydrogen (secondary N) is 1. The van der Waals surface area contributed by atoms with Gasteiger partial charge in [0.2, 0.25) is 5.91 Å². The van der Waals surface area contributed by atoms with Crippen molar-refractivity contribution in [2.24, 2.45) is 0 Å². The number of aromatic nitrogens is 3. The number of halogens is 3. The van der Waals surface area contributed by atoms with Crippen molar-refractivity contribution in [1.82, 2.24) is 14.8 Å². The first kappa shape index (κ1) is 16.3. The van der Waals surface area contributed by atoms with Crippen molar-refractivity contribution < 1.29 is 18.0 Å². The zero-order valence-electron chi connectivity index (χ0n) is 11.8. The summed E-state index contributed by atoms with van der Waals surface area (Å²) in [5, 5.41) is 9.75. The van der Waals surface area contributed by atoms with Gasteiger partial charge < -0.3 is 9.88 Å². The Morgan fingerprint density at radius 1 is 1.36 bits per heavy atom. The number of hydrogen-bond donors (Lipinski definition) is 1. The third-order valence-corrected chi connectivity index (χ3v) is 3.96. The molecule has 1 aromatic carbocycles. The fraction of sp³-hybridized carbons (Fsp3) is 0.308. The van der Waals surface area contributed by atoms with Gasteiger partial charge in [0, 0.05) is 6.54 Å². The molecule has 1 aromatic heterocycles. The van der Waals surface area contributed by atoms with Crippen LogP contribution in [0, 0.1) is 17.5 Å². The molecule has 1 N–H and O–H groups in total. The lowest BCUT2D eigenvalue weighted by atomic mass is 10.2. The molecule has 2 aromatic rings. The van der Waals surface area contributed by atoms with E-state index in [-0.39, 0.29) is 0 Å². The molecule has 1 amide bonds. The topological polar surface area (TPSA) is 59.8 Å². The molecule has 9 heteroatoms. The average Bonchev–Trinajstić information content (AvgIpc) is 2.94. The van der Waals surface area contributed by atoms with E-state index in [1.54, 1.807) is 11.5 Å². The normalized spacial score (nSPS) is 12.2. The van der Waals surface area contributed by atoms with Gasteiger partial charge in [-0.3, -0.25) is 4.79 Å². The molecule has 0 bridgehead atoms. The van der Waals surface area contributed by atoms with Gasteiger partial charge >= 0.3 is 0 Å². The predicted molar refractivity (Wildman–Crippen MR) is 76.0 cm³/mol. The van der Waals surface area contributed by atoms with Gasteiger partial charge in [0.25, 0.3) is 0 Å². The second-order valence-corrected chi connectivity index (χ2v) is 5.68. The van der Waals surface area contributed by atoms with Crippen molar-refractivity contribution in [1.29, 1.82) is 0 Å². The molecule has 0 saturated carbocycles. The maximum atomic E-state index is 13.5. The Balaban J connectivity index is 2.07. The van der Waals surface area contributed by atoms with E-state index in [0.29, 0.717) is 11.7 Å². The van der Waals surface area contributed by atoms with Crippen molar-refractivity contribution in [3.8, 4) is 0 Å². The minimum atomic E-state index is -1.62. The molecular formula is C13H13F3N4OS. The van der Waals surface area contributed by atoms with E-state index in [1.165, 1.54) is 6.33 Å². The summed E-state index contributed by atoms with van der Waals surface area (Å²) < 4.78 is 41.2. The van der Waals surface area contributed by atoms with E-state index >= 15 is 0 Å². The number of amides is 1. The van der Waals surface area contributed by atoms with Crippen LogP contribution in [0.1, 0.15) is 13.8 Å². The molecule has 1 heterocycles. The Hall–Kier alpha value is -2.03. The number of carbonyl (C=O) groups excluding carboxylic acids is 1. The molecule has 0 aliphatic rings. The minimum Gasteiger partial charge on any atom is -0.323 e. The monoisotopic (exact) mass is 330 g/mol. The average molecular weight is 330 g/mol. The Morgan fingerprint density at radius 2 is 2.09 bits per heavy atom. The van der Waals surface area contributed by atoms with E-state index in [4.69, 9.17) is 0 Å². The Bertz CT molecular complexity index is 692. The molecule has 22 heavy (non-hydrogen) atoms. The number of nitrogens with zero attached hydrogens (tertiary/aromatic N) is 3. The van der Waals surface area contributed by atoms with Gasteiger partial charge in [-0.25, -0.2) is 13.2 Å². The van der Waals surface area contributed by atoms with Crippen LogP contribution >= 0.6 is 11.8 Å². The van der Waals surface area contributed by atoms with Crippen LogP contribution in [0.15, 0.2) is 23.6 Å². The summed E-state index contributed by atoms with van der Waals surface area (Å²) in [6.07, 6.45) is 1.53. The summed E-state index contributed by atoms with van der Waals surface area (Å²) in [6.45, 7) is 4.13. The molecule has 118 valence electrons. The number of aryl methyl sites for hydroxylation is 1. The second kappa shape index (κ2) is 6.82. The fourth-order valence-corrected chi connectivity index (χ4v) is 2.51. The van der Waals surface area contributed by atoms with Crippen LogP contribution < -0.4 is 5.32 Å². The molecule has 0 fully saturated rings. The molecule has 0 radical (unpaired) electrons. The van der Waals surface area contributed by atoms with Gasteiger partial charge in [-0.05, 0) is 26.0 Å². The third kappa shape index (κ3) is 3.41. The van der Waals surface area contributed by atoms with Crippen molar-refractivity contribution >= 4 is 23.4 Å². The van der Waals surface area contributed by atoms with Gasteiger partial charge in [0.1, 0.15) is 6.33 Å². The van der Waals surface area contributed by atoms with Gasteiger partial charge in [0.05, 0.1) is 10.9 Å². The first-order valence-electron chi connectivity index (χ1n) is 6.42. The number of benzene rings is 1. The summed E-state index contributed by atoms with van der Waals surface area (Å²) in [6, 6.07) is 1.72. The molecule has 0 aliphatic heterocycles. The first-order valence-corrected chi connectivity index (χ1v) is 7.30. The highest BCUT2D eigenvalue weighted by Gasteiger charge is 2.20. The molecule has 0 unspecified atom stereocenters. The van der Waals surface area contributed by atoms with E-state index in [9.17, 15) is 18.0 Å². The number of anilines is 1. The number of hydrogen-bond acceptors (Lipinski definition) is 4. The molecular weight excluding hydrogens is 317 g/mol. The molecule has 0 spiro atoms. The van der Waals surface area contributed by atoms with E-state index in [0.717, 1.165) is 23.9 Å². The van der Waals surface area contributed by atoms with Crippen LogP contribution in [-0.4, -0.2) is 25.9 Å². The smallest absolute Gasteiger partial charge is 0.237 e. The fourth-order valence-electron chi connectivity index (χ4n) is 1.62. The van der Waals surface area contributed by atoms with E-state index in [1.807, 2.05) is 6.92 Å². The highest BCUT2D eigenvalue weighted by Crippen LogP contribution is 2.24. The largest absolute Gasteiger partial charge is 0.323 e. The zero-order valence-corrected chi connectivity index (χ0v) is 12.6. The number of thioether (sulfide) groups is 1. The number of rotatable bonds is 5. The maximum absolute atomic E-state index is 13.5. The lowest BCUT2D eigenvalue weighted by molar-refractivity contribution is -0.115. The van der Waals surface area contributed by atoms with Gasteiger partial charge in [-0.2, -0.15) is 0 Å². The second-order valence-electron chi connectivity index (χ2n) is 4.37. The van der Waals surface area contributed by atoms with Crippen LogP contribution in [0.2, 0.25) is 0 Å². The highest BCUT2D eigenvalue weighted by atomic mass is 32.2. The molecule has 1 atom stereocenters. The van der Waals surface area contributed by atoms with E-state index < -0.39 is 34.3 Å². The van der Waals surface area contributed by atoms with Gasteiger partial charge in [0.15, 0.2) is 22.6 Å². The van der Waals surface area contributed by atoms with Crippen LogP contribution in [0.3, 0.4) is 0 Å².